The molecule has 0 amide bonds. The number of nitrogens with one attached hydrogen (secondary N) is 1. The minimum Gasteiger partial charge on any atom is -0.307 e. The molecule has 4 heteroatoms. The molecule has 0 spiro atoms. The molecule has 1 heterocycles. The Morgan fingerprint density at radius 3 is 2.87 bits per heavy atom. The summed E-state index contributed by atoms with van der Waals surface area (Å²) in [7, 11) is 2.00. The lowest BCUT2D eigenvalue weighted by Gasteiger charge is -2.18. The van der Waals surface area contributed by atoms with Crippen LogP contribution in [0.4, 0.5) is 0 Å². The zero-order valence-corrected chi connectivity index (χ0v) is 10.5. The average molecular weight is 225 g/mol. The monoisotopic (exact) mass is 225 g/mol. The second-order valence-corrected chi connectivity index (χ2v) is 5.64. The van der Waals surface area contributed by atoms with Crippen LogP contribution < -0.4 is 5.32 Å². The van der Waals surface area contributed by atoms with Gasteiger partial charge in [-0.25, -0.2) is 0 Å². The molecular weight excluding hydrogens is 206 g/mol. The number of hydrogen-bond donors (Lipinski definition) is 1. The largest absolute Gasteiger partial charge is 0.307 e. The van der Waals surface area contributed by atoms with E-state index < -0.39 is 0 Å². The Kier molecular flexibility index (Phi) is 3.07. The summed E-state index contributed by atoms with van der Waals surface area (Å²) in [5, 5.41) is 7.79. The minimum atomic E-state index is 0.391. The van der Waals surface area contributed by atoms with E-state index in [1.807, 2.05) is 29.7 Å². The Hall–Kier alpha value is -0.480. The SMILES string of the molecule is CSC1(CNC(C)c2ccnn2C)CC1. The van der Waals surface area contributed by atoms with E-state index in [1.54, 1.807) is 0 Å². The van der Waals surface area contributed by atoms with Crippen molar-refractivity contribution in [3.8, 4) is 0 Å². The highest BCUT2D eigenvalue weighted by Gasteiger charge is 2.41. The maximum atomic E-state index is 4.19. The summed E-state index contributed by atoms with van der Waals surface area (Å²) in [5.74, 6) is 0. The summed E-state index contributed by atoms with van der Waals surface area (Å²) in [5.41, 5.74) is 1.26. The fourth-order valence-corrected chi connectivity index (χ4v) is 2.58. The zero-order chi connectivity index (χ0) is 10.9. The smallest absolute Gasteiger partial charge is 0.0547 e. The number of aromatic nitrogens is 2. The van der Waals surface area contributed by atoms with Gasteiger partial charge >= 0.3 is 0 Å². The number of nitrogens with zero attached hydrogens (tertiary/aromatic N) is 2. The summed E-state index contributed by atoms with van der Waals surface area (Å²) in [6.45, 7) is 3.31. The normalized spacial score (nSPS) is 20.2. The van der Waals surface area contributed by atoms with Gasteiger partial charge in [-0.05, 0) is 32.1 Å². The quantitative estimate of drug-likeness (QED) is 0.831. The number of aryl methyl sites for hydroxylation is 1. The van der Waals surface area contributed by atoms with Crippen molar-refractivity contribution in [2.24, 2.45) is 7.05 Å². The first kappa shape index (κ1) is 11.0. The van der Waals surface area contributed by atoms with Crippen LogP contribution >= 0.6 is 11.8 Å². The number of hydrogen-bond acceptors (Lipinski definition) is 3. The molecular formula is C11H19N3S. The first-order valence-corrected chi connectivity index (χ1v) is 6.66. The van der Waals surface area contributed by atoms with Crippen LogP contribution in [0.1, 0.15) is 31.5 Å². The van der Waals surface area contributed by atoms with Crippen LogP contribution in [-0.2, 0) is 7.05 Å². The molecule has 0 aliphatic heterocycles. The highest BCUT2D eigenvalue weighted by molar-refractivity contribution is 8.00. The molecule has 3 nitrogen and oxygen atoms in total. The first-order chi connectivity index (χ1) is 7.17. The molecule has 1 atom stereocenters. The summed E-state index contributed by atoms with van der Waals surface area (Å²) in [6.07, 6.45) is 6.79. The number of thioether (sulfide) groups is 1. The van der Waals surface area contributed by atoms with Gasteiger partial charge in [0, 0.05) is 30.6 Å². The van der Waals surface area contributed by atoms with Gasteiger partial charge < -0.3 is 5.32 Å². The van der Waals surface area contributed by atoms with Gasteiger partial charge in [0.25, 0.3) is 0 Å². The molecule has 1 aliphatic carbocycles. The molecule has 1 saturated carbocycles. The maximum Gasteiger partial charge on any atom is 0.0547 e. The van der Waals surface area contributed by atoms with Gasteiger partial charge in [-0.2, -0.15) is 16.9 Å². The third-order valence-corrected chi connectivity index (χ3v) is 4.69. The molecule has 2 rings (SSSR count). The fourth-order valence-electron chi connectivity index (χ4n) is 1.84. The van der Waals surface area contributed by atoms with Crippen molar-refractivity contribution in [3.63, 3.8) is 0 Å². The molecule has 1 N–H and O–H groups in total. The van der Waals surface area contributed by atoms with E-state index in [2.05, 4.69) is 29.7 Å². The standard InChI is InChI=1S/C11H19N3S/c1-9(10-4-7-13-14(10)2)12-8-11(15-3)5-6-11/h4,7,9,12H,5-6,8H2,1-3H3. The van der Waals surface area contributed by atoms with Crippen LogP contribution in [0.3, 0.4) is 0 Å². The van der Waals surface area contributed by atoms with Crippen LogP contribution in [0.25, 0.3) is 0 Å². The third-order valence-electron chi connectivity index (χ3n) is 3.27. The number of rotatable bonds is 5. The van der Waals surface area contributed by atoms with Crippen LogP contribution in [0.5, 0.6) is 0 Å². The van der Waals surface area contributed by atoms with E-state index >= 15 is 0 Å². The van der Waals surface area contributed by atoms with Crippen molar-refractivity contribution in [2.45, 2.75) is 30.6 Å². The Morgan fingerprint density at radius 2 is 2.40 bits per heavy atom. The Bertz CT molecular complexity index is 330. The van der Waals surface area contributed by atoms with E-state index in [0.29, 0.717) is 10.8 Å². The van der Waals surface area contributed by atoms with Gasteiger partial charge in [-0.1, -0.05) is 0 Å². The first-order valence-electron chi connectivity index (χ1n) is 5.43. The van der Waals surface area contributed by atoms with Crippen molar-refractivity contribution in [3.05, 3.63) is 18.0 Å². The Morgan fingerprint density at radius 1 is 1.67 bits per heavy atom. The molecule has 1 aromatic rings. The lowest BCUT2D eigenvalue weighted by atomic mass is 10.2. The van der Waals surface area contributed by atoms with Crippen LogP contribution in [0.15, 0.2) is 12.3 Å². The summed E-state index contributed by atoms with van der Waals surface area (Å²) < 4.78 is 2.48. The predicted molar refractivity (Wildman–Crippen MR) is 65.1 cm³/mol. The molecule has 15 heavy (non-hydrogen) atoms. The second kappa shape index (κ2) is 4.18. The van der Waals surface area contributed by atoms with Crippen LogP contribution in [0.2, 0.25) is 0 Å². The van der Waals surface area contributed by atoms with Crippen molar-refractivity contribution >= 4 is 11.8 Å². The lowest BCUT2D eigenvalue weighted by Crippen LogP contribution is -2.29. The van der Waals surface area contributed by atoms with Gasteiger partial charge in [0.2, 0.25) is 0 Å². The molecule has 1 fully saturated rings. The van der Waals surface area contributed by atoms with Crippen molar-refractivity contribution in [1.82, 2.24) is 15.1 Å². The topological polar surface area (TPSA) is 29.9 Å². The molecule has 1 aliphatic rings. The second-order valence-electron chi connectivity index (χ2n) is 4.37. The van der Waals surface area contributed by atoms with E-state index in [9.17, 15) is 0 Å². The summed E-state index contributed by atoms with van der Waals surface area (Å²) >= 11 is 2.00. The van der Waals surface area contributed by atoms with E-state index in [1.165, 1.54) is 18.5 Å². The molecule has 0 bridgehead atoms. The lowest BCUT2D eigenvalue weighted by molar-refractivity contribution is 0.524. The Labute approximate surface area is 95.6 Å². The molecule has 1 unspecified atom stereocenters. The van der Waals surface area contributed by atoms with Crippen molar-refractivity contribution in [1.29, 1.82) is 0 Å². The Balaban J connectivity index is 1.88. The van der Waals surface area contributed by atoms with Crippen molar-refractivity contribution < 1.29 is 0 Å². The highest BCUT2D eigenvalue weighted by atomic mass is 32.2. The van der Waals surface area contributed by atoms with E-state index in [0.717, 1.165) is 6.54 Å². The van der Waals surface area contributed by atoms with E-state index in [4.69, 9.17) is 0 Å². The molecule has 0 aromatic carbocycles. The maximum absolute atomic E-state index is 4.19. The van der Waals surface area contributed by atoms with Gasteiger partial charge in [-0.3, -0.25) is 4.68 Å². The van der Waals surface area contributed by atoms with Gasteiger partial charge in [0.1, 0.15) is 0 Å². The highest BCUT2D eigenvalue weighted by Crippen LogP contribution is 2.46. The molecule has 1 aromatic heterocycles. The van der Waals surface area contributed by atoms with Crippen LogP contribution in [-0.4, -0.2) is 27.3 Å². The zero-order valence-electron chi connectivity index (χ0n) is 9.66. The summed E-state index contributed by atoms with van der Waals surface area (Å²) in [6, 6.07) is 2.47. The predicted octanol–water partition coefficient (Wildman–Crippen LogP) is 1.97. The van der Waals surface area contributed by atoms with Gasteiger partial charge in [0.15, 0.2) is 0 Å². The minimum absolute atomic E-state index is 0.391. The van der Waals surface area contributed by atoms with E-state index in [-0.39, 0.29) is 0 Å². The fraction of sp³-hybridized carbons (Fsp3) is 0.727. The van der Waals surface area contributed by atoms with Crippen LogP contribution in [0, 0.1) is 0 Å². The third kappa shape index (κ3) is 2.37. The molecule has 84 valence electrons. The molecule has 0 saturated heterocycles. The van der Waals surface area contributed by atoms with Crippen molar-refractivity contribution in [2.75, 3.05) is 12.8 Å². The van der Waals surface area contributed by atoms with Gasteiger partial charge in [-0.15, -0.1) is 0 Å². The van der Waals surface area contributed by atoms with Gasteiger partial charge in [0.05, 0.1) is 5.69 Å². The summed E-state index contributed by atoms with van der Waals surface area (Å²) in [4.78, 5) is 0. The molecule has 0 radical (unpaired) electrons. The average Bonchev–Trinajstić information content (AvgIpc) is 2.91.